The van der Waals surface area contributed by atoms with E-state index in [1.54, 1.807) is 0 Å². The second-order valence-corrected chi connectivity index (χ2v) is 4.85. The fraction of sp³-hybridized carbons (Fsp3) is 0.545. The van der Waals surface area contributed by atoms with Crippen molar-refractivity contribution in [2.45, 2.75) is 31.3 Å². The lowest BCUT2D eigenvalue weighted by Gasteiger charge is -2.01. The fourth-order valence-corrected chi connectivity index (χ4v) is 2.31. The van der Waals surface area contributed by atoms with Crippen LogP contribution in [0, 0.1) is 5.92 Å². The first-order valence-corrected chi connectivity index (χ1v) is 6.68. The highest BCUT2D eigenvalue weighted by Crippen LogP contribution is 2.26. The van der Waals surface area contributed by atoms with Crippen LogP contribution in [0.1, 0.15) is 26.2 Å². The lowest BCUT2D eigenvalue weighted by Crippen LogP contribution is -2.08. The second-order valence-electron chi connectivity index (χ2n) is 3.88. The predicted octanol–water partition coefficient (Wildman–Crippen LogP) is 2.14. The summed E-state index contributed by atoms with van der Waals surface area (Å²) in [5.74, 6) is 1.17. The van der Waals surface area contributed by atoms with Crippen LogP contribution in [0.15, 0.2) is 23.3 Å². The number of H-pyrrole nitrogens is 1. The molecule has 1 aliphatic heterocycles. The first-order chi connectivity index (χ1) is 8.29. The number of carbonyl (C=O) groups excluding carboxylic acids is 1. The number of aromatic nitrogens is 3. The molecule has 0 saturated carbocycles. The Labute approximate surface area is 104 Å². The summed E-state index contributed by atoms with van der Waals surface area (Å²) < 4.78 is 5.21. The molecule has 1 aromatic heterocycles. The fourth-order valence-electron chi connectivity index (χ4n) is 1.64. The van der Waals surface area contributed by atoms with Crippen molar-refractivity contribution in [1.82, 2.24) is 15.2 Å². The average Bonchev–Trinajstić information content (AvgIpc) is 2.93. The molecule has 0 bridgehead atoms. The summed E-state index contributed by atoms with van der Waals surface area (Å²) >= 11 is 1.48. The number of carbonyl (C=O) groups is 1. The van der Waals surface area contributed by atoms with E-state index in [1.165, 1.54) is 18.1 Å². The minimum atomic E-state index is -0.119. The summed E-state index contributed by atoms with van der Waals surface area (Å²) in [6, 6.07) is 0. The number of thioether (sulfide) groups is 1. The first kappa shape index (κ1) is 12.2. The minimum absolute atomic E-state index is 0.0553. The molecule has 92 valence electrons. The van der Waals surface area contributed by atoms with Gasteiger partial charge in [0.2, 0.25) is 0 Å². The van der Waals surface area contributed by atoms with Crippen LogP contribution in [0.5, 0.6) is 0 Å². The summed E-state index contributed by atoms with van der Waals surface area (Å²) in [6.45, 7) is 2.12. The van der Waals surface area contributed by atoms with Gasteiger partial charge in [0, 0.05) is 0 Å². The Balaban J connectivity index is 1.83. The van der Waals surface area contributed by atoms with E-state index in [0.717, 1.165) is 30.2 Å². The van der Waals surface area contributed by atoms with Crippen LogP contribution in [0.25, 0.3) is 0 Å². The molecule has 0 amide bonds. The monoisotopic (exact) mass is 253 g/mol. The Bertz CT molecular complexity index is 403. The third kappa shape index (κ3) is 3.33. The number of esters is 1. The predicted molar refractivity (Wildman–Crippen MR) is 64.3 cm³/mol. The topological polar surface area (TPSA) is 67.9 Å². The van der Waals surface area contributed by atoms with E-state index >= 15 is 0 Å². The van der Waals surface area contributed by atoms with Crippen molar-refractivity contribution in [1.29, 1.82) is 0 Å². The largest absolute Gasteiger partial charge is 0.430 e. The highest BCUT2D eigenvalue weighted by Gasteiger charge is 2.26. The Hall–Kier alpha value is -1.30. The van der Waals surface area contributed by atoms with E-state index in [-0.39, 0.29) is 11.9 Å². The van der Waals surface area contributed by atoms with Crippen LogP contribution in [0.3, 0.4) is 0 Å². The Morgan fingerprint density at radius 3 is 3.18 bits per heavy atom. The molecule has 6 heteroatoms. The lowest BCUT2D eigenvalue weighted by atomic mass is 10.0. The molecule has 1 aromatic rings. The summed E-state index contributed by atoms with van der Waals surface area (Å²) in [6.07, 6.45) is 6.42. The molecule has 0 aliphatic carbocycles. The molecule has 0 spiro atoms. The number of nitrogens with zero attached hydrogens (tertiary/aromatic N) is 2. The maximum absolute atomic E-state index is 11.5. The Morgan fingerprint density at radius 2 is 2.47 bits per heavy atom. The number of nitrogens with one attached hydrogen (secondary N) is 1. The molecule has 0 aromatic carbocycles. The Kier molecular flexibility index (Phi) is 4.19. The number of aromatic amines is 1. The van der Waals surface area contributed by atoms with Crippen LogP contribution in [-0.4, -0.2) is 26.9 Å². The molecule has 1 aliphatic rings. The molecule has 2 heterocycles. The van der Waals surface area contributed by atoms with E-state index in [1.807, 2.05) is 6.08 Å². The van der Waals surface area contributed by atoms with Crippen molar-refractivity contribution in [2.24, 2.45) is 5.92 Å². The third-order valence-electron chi connectivity index (χ3n) is 2.53. The van der Waals surface area contributed by atoms with Crippen molar-refractivity contribution in [2.75, 3.05) is 5.75 Å². The van der Waals surface area contributed by atoms with Crippen LogP contribution >= 0.6 is 11.8 Å². The van der Waals surface area contributed by atoms with Gasteiger partial charge in [-0.05, 0) is 12.5 Å². The standard InChI is InChI=1S/C11H15N3O2S/c1-2-3-4-8-5-9(16-10(8)15)6-17-11-12-7-13-14-11/h5,7-8H,2-4,6H2,1H3,(H,12,13,14). The zero-order valence-electron chi connectivity index (χ0n) is 9.68. The first-order valence-electron chi connectivity index (χ1n) is 5.70. The van der Waals surface area contributed by atoms with Gasteiger partial charge < -0.3 is 4.74 Å². The van der Waals surface area contributed by atoms with Crippen LogP contribution in [-0.2, 0) is 9.53 Å². The van der Waals surface area contributed by atoms with Crippen LogP contribution < -0.4 is 0 Å². The zero-order chi connectivity index (χ0) is 12.1. The van der Waals surface area contributed by atoms with Crippen LogP contribution in [0.4, 0.5) is 0 Å². The van der Waals surface area contributed by atoms with Gasteiger partial charge in [-0.25, -0.2) is 4.98 Å². The maximum Gasteiger partial charge on any atom is 0.318 e. The molecular weight excluding hydrogens is 238 g/mol. The molecule has 17 heavy (non-hydrogen) atoms. The van der Waals surface area contributed by atoms with Crippen molar-refractivity contribution in [3.63, 3.8) is 0 Å². The quantitative estimate of drug-likeness (QED) is 0.621. The van der Waals surface area contributed by atoms with Gasteiger partial charge in [0.15, 0.2) is 5.16 Å². The van der Waals surface area contributed by atoms with Gasteiger partial charge in [0.05, 0.1) is 11.7 Å². The molecule has 1 N–H and O–H groups in total. The number of cyclic esters (lactones) is 1. The van der Waals surface area contributed by atoms with Gasteiger partial charge in [-0.15, -0.1) is 0 Å². The minimum Gasteiger partial charge on any atom is -0.430 e. The molecular formula is C11H15N3O2S. The molecule has 0 saturated heterocycles. The van der Waals surface area contributed by atoms with Crippen molar-refractivity contribution in [3.8, 4) is 0 Å². The number of rotatable bonds is 6. The number of unbranched alkanes of at least 4 members (excludes halogenated alkanes) is 1. The van der Waals surface area contributed by atoms with Crippen LogP contribution in [0.2, 0.25) is 0 Å². The third-order valence-corrected chi connectivity index (χ3v) is 3.43. The molecule has 0 fully saturated rings. The lowest BCUT2D eigenvalue weighted by molar-refractivity contribution is -0.140. The zero-order valence-corrected chi connectivity index (χ0v) is 10.5. The van der Waals surface area contributed by atoms with Crippen molar-refractivity contribution >= 4 is 17.7 Å². The molecule has 1 atom stereocenters. The van der Waals surface area contributed by atoms with E-state index in [0.29, 0.717) is 5.75 Å². The van der Waals surface area contributed by atoms with Crippen molar-refractivity contribution in [3.05, 3.63) is 18.2 Å². The van der Waals surface area contributed by atoms with Gasteiger partial charge in [-0.1, -0.05) is 31.5 Å². The summed E-state index contributed by atoms with van der Waals surface area (Å²) in [5.41, 5.74) is 0. The van der Waals surface area contributed by atoms with Gasteiger partial charge in [-0.3, -0.25) is 9.89 Å². The van der Waals surface area contributed by atoms with Gasteiger partial charge >= 0.3 is 5.97 Å². The Morgan fingerprint density at radius 1 is 1.59 bits per heavy atom. The van der Waals surface area contributed by atoms with Gasteiger partial charge in [0.1, 0.15) is 12.1 Å². The van der Waals surface area contributed by atoms with E-state index in [9.17, 15) is 4.79 Å². The second kappa shape index (κ2) is 5.86. The van der Waals surface area contributed by atoms with E-state index < -0.39 is 0 Å². The summed E-state index contributed by atoms with van der Waals surface area (Å²) in [5, 5.41) is 7.24. The molecule has 2 rings (SSSR count). The SMILES string of the molecule is CCCCC1C=C(CSc2ncn[nH]2)OC1=O. The van der Waals surface area contributed by atoms with Gasteiger partial charge in [0.25, 0.3) is 0 Å². The highest BCUT2D eigenvalue weighted by molar-refractivity contribution is 7.99. The smallest absolute Gasteiger partial charge is 0.318 e. The number of hydrogen-bond donors (Lipinski definition) is 1. The summed E-state index contributed by atoms with van der Waals surface area (Å²) in [7, 11) is 0. The molecule has 5 nitrogen and oxygen atoms in total. The average molecular weight is 253 g/mol. The maximum atomic E-state index is 11.5. The van der Waals surface area contributed by atoms with Crippen molar-refractivity contribution < 1.29 is 9.53 Å². The normalized spacial score (nSPS) is 19.2. The summed E-state index contributed by atoms with van der Waals surface area (Å²) in [4.78, 5) is 15.5. The number of ether oxygens (including phenoxy) is 1. The molecule has 1 unspecified atom stereocenters. The number of hydrogen-bond acceptors (Lipinski definition) is 5. The van der Waals surface area contributed by atoms with E-state index in [4.69, 9.17) is 4.74 Å². The van der Waals surface area contributed by atoms with Gasteiger partial charge in [-0.2, -0.15) is 5.10 Å². The highest BCUT2D eigenvalue weighted by atomic mass is 32.2. The van der Waals surface area contributed by atoms with E-state index in [2.05, 4.69) is 22.1 Å². The molecule has 0 radical (unpaired) electrons.